The largest absolute Gasteiger partial charge is 0.444 e. The van der Waals surface area contributed by atoms with Gasteiger partial charge in [0.15, 0.2) is 0 Å². The Morgan fingerprint density at radius 1 is 0.960 bits per heavy atom. The van der Waals surface area contributed by atoms with Gasteiger partial charge in [-0.2, -0.15) is 0 Å². The van der Waals surface area contributed by atoms with E-state index in [0.29, 0.717) is 17.7 Å². The van der Waals surface area contributed by atoms with Gasteiger partial charge in [0.2, 0.25) is 5.89 Å². The van der Waals surface area contributed by atoms with Gasteiger partial charge >= 0.3 is 0 Å². The summed E-state index contributed by atoms with van der Waals surface area (Å²) in [5, 5.41) is 0. The molecule has 0 saturated carbocycles. The molecule has 2 aromatic carbocycles. The van der Waals surface area contributed by atoms with Crippen LogP contribution in [0.3, 0.4) is 0 Å². The maximum absolute atomic E-state index is 5.77. The zero-order valence-electron chi connectivity index (χ0n) is 15.2. The molecule has 0 fully saturated rings. The number of hydrogen-bond donors (Lipinski definition) is 0. The number of nitrogens with zero attached hydrogens (tertiary/aromatic N) is 1. The molecule has 1 atom stereocenters. The van der Waals surface area contributed by atoms with E-state index < -0.39 is 0 Å². The fraction of sp³-hybridized carbons (Fsp3) is 0.261. The molecule has 0 radical (unpaired) electrons. The molecule has 0 aliphatic heterocycles. The van der Waals surface area contributed by atoms with Gasteiger partial charge in [-0.05, 0) is 60.2 Å². The predicted octanol–water partition coefficient (Wildman–Crippen LogP) is 6.39. The van der Waals surface area contributed by atoms with Crippen molar-refractivity contribution in [1.29, 1.82) is 0 Å². The van der Waals surface area contributed by atoms with E-state index in [2.05, 4.69) is 76.2 Å². The number of oxazole rings is 1. The zero-order chi connectivity index (χ0) is 17.6. The van der Waals surface area contributed by atoms with Crippen molar-refractivity contribution in [3.8, 4) is 22.7 Å². The van der Waals surface area contributed by atoms with Gasteiger partial charge in [-0.3, -0.25) is 0 Å². The third kappa shape index (κ3) is 2.82. The van der Waals surface area contributed by atoms with Crippen molar-refractivity contribution in [3.05, 3.63) is 71.0 Å². The molecule has 2 nitrogen and oxygen atoms in total. The summed E-state index contributed by atoms with van der Waals surface area (Å²) in [7, 11) is 0. The molecule has 0 bridgehead atoms. The standard InChI is InChI=1S/C23H23NO/c1-14(2)20-9-7-17-12-19(8-10-21(17)20)23-24-22(13-25-23)18-6-5-15(3)16(4)11-18/h5-14,20H,1-4H3. The fourth-order valence-electron chi connectivity index (χ4n) is 3.49. The summed E-state index contributed by atoms with van der Waals surface area (Å²) in [6.07, 6.45) is 6.27. The van der Waals surface area contributed by atoms with Crippen LogP contribution >= 0.6 is 0 Å². The first-order valence-corrected chi connectivity index (χ1v) is 8.88. The summed E-state index contributed by atoms with van der Waals surface area (Å²) in [5.41, 5.74) is 8.25. The number of fused-ring (bicyclic) bond motifs is 1. The normalized spacial score (nSPS) is 15.8. The Balaban J connectivity index is 1.67. The Labute approximate surface area is 149 Å². The Kier molecular flexibility index (Phi) is 3.84. The summed E-state index contributed by atoms with van der Waals surface area (Å²) in [5.74, 6) is 1.80. The second kappa shape index (κ2) is 6.03. The highest BCUT2D eigenvalue weighted by molar-refractivity contribution is 5.70. The van der Waals surface area contributed by atoms with Crippen LogP contribution in [-0.4, -0.2) is 4.98 Å². The van der Waals surface area contributed by atoms with Crippen LogP contribution in [0.25, 0.3) is 28.8 Å². The van der Waals surface area contributed by atoms with E-state index in [1.807, 2.05) is 0 Å². The first-order valence-electron chi connectivity index (χ1n) is 8.88. The highest BCUT2D eigenvalue weighted by atomic mass is 16.3. The van der Waals surface area contributed by atoms with Gasteiger partial charge in [-0.1, -0.05) is 44.2 Å². The Bertz CT molecular complexity index is 962. The van der Waals surface area contributed by atoms with Gasteiger partial charge in [0.1, 0.15) is 12.0 Å². The van der Waals surface area contributed by atoms with Crippen molar-refractivity contribution in [1.82, 2.24) is 4.98 Å². The molecule has 25 heavy (non-hydrogen) atoms. The molecular weight excluding hydrogens is 306 g/mol. The topological polar surface area (TPSA) is 26.0 Å². The van der Waals surface area contributed by atoms with Crippen LogP contribution in [0.1, 0.15) is 42.0 Å². The van der Waals surface area contributed by atoms with Gasteiger partial charge in [0.05, 0.1) is 0 Å². The van der Waals surface area contributed by atoms with Gasteiger partial charge in [0, 0.05) is 17.0 Å². The van der Waals surface area contributed by atoms with Crippen LogP contribution in [0.4, 0.5) is 0 Å². The van der Waals surface area contributed by atoms with E-state index in [-0.39, 0.29) is 0 Å². The highest BCUT2D eigenvalue weighted by Crippen LogP contribution is 2.37. The van der Waals surface area contributed by atoms with Crippen molar-refractivity contribution < 1.29 is 4.42 Å². The molecule has 0 saturated heterocycles. The molecule has 126 valence electrons. The third-order valence-electron chi connectivity index (χ3n) is 5.20. The van der Waals surface area contributed by atoms with Gasteiger partial charge in [0.25, 0.3) is 0 Å². The van der Waals surface area contributed by atoms with Crippen LogP contribution in [-0.2, 0) is 0 Å². The summed E-state index contributed by atoms with van der Waals surface area (Å²) in [4.78, 5) is 4.71. The number of aromatic nitrogens is 1. The number of aryl methyl sites for hydroxylation is 2. The van der Waals surface area contributed by atoms with Crippen LogP contribution in [0.5, 0.6) is 0 Å². The monoisotopic (exact) mass is 329 g/mol. The van der Waals surface area contributed by atoms with E-state index in [9.17, 15) is 0 Å². The lowest BCUT2D eigenvalue weighted by Gasteiger charge is -2.14. The Hall–Kier alpha value is -2.61. The number of benzene rings is 2. The molecule has 2 heteroatoms. The van der Waals surface area contributed by atoms with E-state index in [1.165, 1.54) is 22.3 Å². The second-order valence-electron chi connectivity index (χ2n) is 7.31. The molecule has 0 spiro atoms. The van der Waals surface area contributed by atoms with Crippen molar-refractivity contribution >= 4 is 6.08 Å². The number of rotatable bonds is 3. The average molecular weight is 329 g/mol. The lowest BCUT2D eigenvalue weighted by molar-refractivity contribution is 0.574. The van der Waals surface area contributed by atoms with Crippen molar-refractivity contribution in [2.45, 2.75) is 33.6 Å². The lowest BCUT2D eigenvalue weighted by Crippen LogP contribution is -2.01. The van der Waals surface area contributed by atoms with Gasteiger partial charge in [-0.25, -0.2) is 4.98 Å². The third-order valence-corrected chi connectivity index (χ3v) is 5.20. The lowest BCUT2D eigenvalue weighted by atomic mass is 9.90. The number of hydrogen-bond acceptors (Lipinski definition) is 2. The average Bonchev–Trinajstić information content (AvgIpc) is 3.23. The molecule has 4 rings (SSSR count). The molecule has 1 unspecified atom stereocenters. The molecule has 3 aromatic rings. The van der Waals surface area contributed by atoms with Gasteiger partial charge < -0.3 is 4.42 Å². The quantitative estimate of drug-likeness (QED) is 0.556. The van der Waals surface area contributed by atoms with Crippen molar-refractivity contribution in [2.75, 3.05) is 0 Å². The van der Waals surface area contributed by atoms with Crippen molar-refractivity contribution in [3.63, 3.8) is 0 Å². The maximum atomic E-state index is 5.77. The van der Waals surface area contributed by atoms with Crippen LogP contribution in [0.15, 0.2) is 53.2 Å². The maximum Gasteiger partial charge on any atom is 0.226 e. The zero-order valence-corrected chi connectivity index (χ0v) is 15.2. The molecule has 0 N–H and O–H groups in total. The summed E-state index contributed by atoms with van der Waals surface area (Å²) >= 11 is 0. The molecule has 1 aliphatic carbocycles. The first kappa shape index (κ1) is 15.9. The smallest absolute Gasteiger partial charge is 0.226 e. The summed E-state index contributed by atoms with van der Waals surface area (Å²) < 4.78 is 5.77. The number of allylic oxidation sites excluding steroid dienone is 1. The summed E-state index contributed by atoms with van der Waals surface area (Å²) in [6, 6.07) is 12.9. The predicted molar refractivity (Wildman–Crippen MR) is 103 cm³/mol. The molecule has 1 aliphatic rings. The molecule has 1 aromatic heterocycles. The van der Waals surface area contributed by atoms with E-state index in [4.69, 9.17) is 9.40 Å². The minimum Gasteiger partial charge on any atom is -0.444 e. The summed E-state index contributed by atoms with van der Waals surface area (Å²) in [6.45, 7) is 8.78. The van der Waals surface area contributed by atoms with E-state index >= 15 is 0 Å². The first-order chi connectivity index (χ1) is 12.0. The van der Waals surface area contributed by atoms with Gasteiger partial charge in [-0.15, -0.1) is 0 Å². The Morgan fingerprint density at radius 2 is 1.76 bits per heavy atom. The molecule has 1 heterocycles. The van der Waals surface area contributed by atoms with Crippen LogP contribution < -0.4 is 0 Å². The van der Waals surface area contributed by atoms with E-state index in [1.54, 1.807) is 6.26 Å². The Morgan fingerprint density at radius 3 is 2.52 bits per heavy atom. The SMILES string of the molecule is Cc1ccc(-c2coc(-c3ccc4c(c3)C=CC4C(C)C)n2)cc1C. The van der Waals surface area contributed by atoms with E-state index in [0.717, 1.165) is 16.8 Å². The minimum absolute atomic E-state index is 0.514. The van der Waals surface area contributed by atoms with Crippen molar-refractivity contribution in [2.24, 2.45) is 5.92 Å². The minimum atomic E-state index is 0.514. The second-order valence-corrected chi connectivity index (χ2v) is 7.31. The van der Waals surface area contributed by atoms with Crippen LogP contribution in [0, 0.1) is 19.8 Å². The van der Waals surface area contributed by atoms with Crippen LogP contribution in [0.2, 0.25) is 0 Å². The fourth-order valence-corrected chi connectivity index (χ4v) is 3.49. The highest BCUT2D eigenvalue weighted by Gasteiger charge is 2.21. The molecular formula is C23H23NO. The molecule has 0 amide bonds.